The molecule has 0 spiro atoms. The summed E-state index contributed by atoms with van der Waals surface area (Å²) in [5.41, 5.74) is 5.40. The molecular formula is C27H16N4S. The van der Waals surface area contributed by atoms with Gasteiger partial charge < -0.3 is 0 Å². The summed E-state index contributed by atoms with van der Waals surface area (Å²) in [6, 6.07) is 25.4. The molecule has 0 unspecified atom stereocenters. The smallest absolute Gasteiger partial charge is 0.137 e. The predicted octanol–water partition coefficient (Wildman–Crippen LogP) is 7.00. The van der Waals surface area contributed by atoms with E-state index in [1.807, 2.05) is 41.9 Å². The van der Waals surface area contributed by atoms with Crippen LogP contribution in [0.5, 0.6) is 0 Å². The second-order valence-corrected chi connectivity index (χ2v) is 8.86. The summed E-state index contributed by atoms with van der Waals surface area (Å²) in [6.45, 7) is 0. The molecule has 0 N–H and O–H groups in total. The zero-order valence-corrected chi connectivity index (χ0v) is 17.8. The first kappa shape index (κ1) is 17.6. The van der Waals surface area contributed by atoms with Crippen LogP contribution in [0.25, 0.3) is 59.1 Å². The van der Waals surface area contributed by atoms with Crippen LogP contribution in [0.15, 0.2) is 97.6 Å². The third-order valence-electron chi connectivity index (χ3n) is 6.01. The van der Waals surface area contributed by atoms with Gasteiger partial charge in [-0.05, 0) is 60.2 Å². The van der Waals surface area contributed by atoms with Crippen LogP contribution in [-0.4, -0.2) is 19.5 Å². The highest BCUT2D eigenvalue weighted by Crippen LogP contribution is 2.42. The molecule has 0 aliphatic rings. The van der Waals surface area contributed by atoms with Gasteiger partial charge in [0.15, 0.2) is 0 Å². The zero-order valence-electron chi connectivity index (χ0n) is 16.9. The summed E-state index contributed by atoms with van der Waals surface area (Å²) >= 11 is 1.83. The van der Waals surface area contributed by atoms with Gasteiger partial charge in [-0.2, -0.15) is 0 Å². The van der Waals surface area contributed by atoms with Crippen molar-refractivity contribution in [3.05, 3.63) is 97.6 Å². The first-order chi connectivity index (χ1) is 15.9. The summed E-state index contributed by atoms with van der Waals surface area (Å²) in [4.78, 5) is 13.7. The second-order valence-electron chi connectivity index (χ2n) is 7.78. The fraction of sp³-hybridized carbons (Fsp3) is 0. The van der Waals surface area contributed by atoms with Crippen molar-refractivity contribution < 1.29 is 0 Å². The van der Waals surface area contributed by atoms with Crippen LogP contribution in [-0.2, 0) is 0 Å². The van der Waals surface area contributed by atoms with E-state index in [2.05, 4.69) is 64.1 Å². The zero-order chi connectivity index (χ0) is 21.1. The maximum Gasteiger partial charge on any atom is 0.137 e. The third-order valence-corrected chi connectivity index (χ3v) is 7.15. The quantitative estimate of drug-likeness (QED) is 0.298. The van der Waals surface area contributed by atoms with Gasteiger partial charge in [-0.15, -0.1) is 11.3 Å². The lowest BCUT2D eigenvalue weighted by molar-refractivity contribution is 1.08. The Hall–Kier alpha value is -4.09. The molecule has 5 heterocycles. The normalized spacial score (nSPS) is 11.8. The number of benzene rings is 2. The number of thiophene rings is 1. The van der Waals surface area contributed by atoms with Crippen molar-refractivity contribution in [3.63, 3.8) is 0 Å². The van der Waals surface area contributed by atoms with Gasteiger partial charge in [0.05, 0.1) is 16.6 Å². The fourth-order valence-corrected chi connectivity index (χ4v) is 5.71. The molecule has 0 bridgehead atoms. The highest BCUT2D eigenvalue weighted by atomic mass is 32.1. The van der Waals surface area contributed by atoms with E-state index in [9.17, 15) is 0 Å². The predicted molar refractivity (Wildman–Crippen MR) is 132 cm³/mol. The number of fused-ring (bicyclic) bond motifs is 7. The van der Waals surface area contributed by atoms with Gasteiger partial charge in [-0.3, -0.25) is 14.5 Å². The van der Waals surface area contributed by atoms with Crippen molar-refractivity contribution in [2.45, 2.75) is 0 Å². The molecular weight excluding hydrogens is 412 g/mol. The van der Waals surface area contributed by atoms with Crippen molar-refractivity contribution >= 4 is 53.4 Å². The van der Waals surface area contributed by atoms with Crippen LogP contribution >= 0.6 is 11.3 Å². The maximum absolute atomic E-state index is 4.89. The molecule has 0 saturated heterocycles. The van der Waals surface area contributed by atoms with E-state index < -0.39 is 0 Å². The van der Waals surface area contributed by atoms with E-state index in [1.165, 1.54) is 20.2 Å². The Labute approximate surface area is 187 Å². The highest BCUT2D eigenvalue weighted by molar-refractivity contribution is 7.26. The van der Waals surface area contributed by atoms with Crippen LogP contribution in [0.2, 0.25) is 0 Å². The number of aromatic nitrogens is 4. The molecule has 2 aromatic carbocycles. The van der Waals surface area contributed by atoms with Crippen LogP contribution < -0.4 is 0 Å². The first-order valence-corrected chi connectivity index (χ1v) is 11.3. The van der Waals surface area contributed by atoms with Gasteiger partial charge in [0.25, 0.3) is 0 Å². The molecule has 150 valence electrons. The number of hydrogen-bond donors (Lipinski definition) is 0. The molecule has 7 rings (SSSR count). The van der Waals surface area contributed by atoms with Crippen LogP contribution in [0, 0.1) is 0 Å². The molecule has 0 atom stereocenters. The van der Waals surface area contributed by atoms with Crippen LogP contribution in [0.1, 0.15) is 0 Å². The Balaban J connectivity index is 1.59. The molecule has 5 aromatic heterocycles. The molecule has 0 saturated carbocycles. The van der Waals surface area contributed by atoms with Gasteiger partial charge in [0.1, 0.15) is 5.82 Å². The summed E-state index contributed by atoms with van der Waals surface area (Å²) < 4.78 is 4.83. The lowest BCUT2D eigenvalue weighted by Crippen LogP contribution is -1.97. The van der Waals surface area contributed by atoms with E-state index in [0.29, 0.717) is 0 Å². The minimum atomic E-state index is 0.888. The summed E-state index contributed by atoms with van der Waals surface area (Å²) in [5.74, 6) is 0.888. The Morgan fingerprint density at radius 1 is 0.656 bits per heavy atom. The molecule has 32 heavy (non-hydrogen) atoms. The topological polar surface area (TPSA) is 43.6 Å². The number of hydrogen-bond acceptors (Lipinski definition) is 4. The molecule has 0 amide bonds. The number of pyridine rings is 3. The second kappa shape index (κ2) is 6.70. The molecule has 0 fully saturated rings. The van der Waals surface area contributed by atoms with E-state index >= 15 is 0 Å². The van der Waals surface area contributed by atoms with Crippen LogP contribution in [0.4, 0.5) is 0 Å². The van der Waals surface area contributed by atoms with E-state index in [-0.39, 0.29) is 0 Å². The van der Waals surface area contributed by atoms with Crippen molar-refractivity contribution in [1.29, 1.82) is 0 Å². The lowest BCUT2D eigenvalue weighted by Gasteiger charge is -2.09. The molecule has 0 aliphatic heterocycles. The first-order valence-electron chi connectivity index (χ1n) is 10.4. The van der Waals surface area contributed by atoms with Gasteiger partial charge in [-0.1, -0.05) is 18.2 Å². The Morgan fingerprint density at radius 2 is 1.56 bits per heavy atom. The van der Waals surface area contributed by atoms with Gasteiger partial charge >= 0.3 is 0 Å². The van der Waals surface area contributed by atoms with E-state index in [4.69, 9.17) is 9.97 Å². The van der Waals surface area contributed by atoms with Gasteiger partial charge in [-0.25, -0.2) is 4.98 Å². The number of rotatable bonds is 2. The van der Waals surface area contributed by atoms with Crippen molar-refractivity contribution in [1.82, 2.24) is 19.5 Å². The largest absolute Gasteiger partial charge is 0.291 e. The maximum atomic E-state index is 4.89. The summed E-state index contributed by atoms with van der Waals surface area (Å²) in [6.07, 6.45) is 7.41. The summed E-state index contributed by atoms with van der Waals surface area (Å²) in [7, 11) is 0. The van der Waals surface area contributed by atoms with Crippen molar-refractivity contribution in [3.8, 4) is 16.9 Å². The average molecular weight is 429 g/mol. The van der Waals surface area contributed by atoms with Gasteiger partial charge in [0, 0.05) is 55.9 Å². The van der Waals surface area contributed by atoms with Crippen molar-refractivity contribution in [2.24, 2.45) is 0 Å². The molecule has 0 aliphatic carbocycles. The SMILES string of the molecule is c1ccc2c(c1)sc1ccc3c4ncccc4n(-c4ccc(-c5ccncc5)cn4)c3c12. The molecule has 5 heteroatoms. The average Bonchev–Trinajstić information content (AvgIpc) is 3.40. The van der Waals surface area contributed by atoms with E-state index in [0.717, 1.165) is 38.9 Å². The van der Waals surface area contributed by atoms with Gasteiger partial charge in [0.2, 0.25) is 0 Å². The third kappa shape index (κ3) is 2.46. The number of nitrogens with zero attached hydrogens (tertiary/aromatic N) is 4. The van der Waals surface area contributed by atoms with Crippen LogP contribution in [0.3, 0.4) is 0 Å². The molecule has 0 radical (unpaired) electrons. The van der Waals surface area contributed by atoms with Crippen molar-refractivity contribution in [2.75, 3.05) is 0 Å². The fourth-order valence-electron chi connectivity index (χ4n) is 4.60. The van der Waals surface area contributed by atoms with E-state index in [1.54, 1.807) is 12.4 Å². The minimum absolute atomic E-state index is 0.888. The minimum Gasteiger partial charge on any atom is -0.291 e. The molecule has 4 nitrogen and oxygen atoms in total. The standard InChI is InChI=1S/C27H16N4S/c1-2-6-22-19(4-1)25-23(32-22)9-8-20-26-21(5-3-13-29-26)31(27(20)25)24-10-7-18(16-30-24)17-11-14-28-15-12-17/h1-16H. The lowest BCUT2D eigenvalue weighted by atomic mass is 10.1. The monoisotopic (exact) mass is 428 g/mol. The summed E-state index contributed by atoms with van der Waals surface area (Å²) in [5, 5.41) is 3.69. The Kier molecular flexibility index (Phi) is 3.68. The Bertz CT molecular complexity index is 1760. The highest BCUT2D eigenvalue weighted by Gasteiger charge is 2.19. The molecule has 7 aromatic rings. The Morgan fingerprint density at radius 3 is 2.44 bits per heavy atom.